The van der Waals surface area contributed by atoms with Gasteiger partial charge >= 0.3 is 0 Å². The first-order chi connectivity index (χ1) is 17.8. The van der Waals surface area contributed by atoms with Crippen LogP contribution in [0, 0.1) is 13.8 Å². The number of aryl methyl sites for hydroxylation is 2. The van der Waals surface area contributed by atoms with Crippen molar-refractivity contribution in [3.63, 3.8) is 0 Å². The fraction of sp³-hybridized carbons (Fsp3) is 0.250. The predicted octanol–water partition coefficient (Wildman–Crippen LogP) is 5.05. The van der Waals surface area contributed by atoms with E-state index in [0.717, 1.165) is 16.8 Å². The Morgan fingerprint density at radius 3 is 2.30 bits per heavy atom. The highest BCUT2D eigenvalue weighted by atomic mass is 35.5. The van der Waals surface area contributed by atoms with Crippen molar-refractivity contribution >= 4 is 52.1 Å². The van der Waals surface area contributed by atoms with Gasteiger partial charge in [0.25, 0.3) is 11.8 Å². The molecule has 2 N–H and O–H groups in total. The van der Waals surface area contributed by atoms with Gasteiger partial charge in [-0.1, -0.05) is 47.5 Å². The summed E-state index contributed by atoms with van der Waals surface area (Å²) < 4.78 is 5.39. The van der Waals surface area contributed by atoms with E-state index in [2.05, 4.69) is 15.5 Å². The zero-order valence-electron chi connectivity index (χ0n) is 21.0. The molecule has 0 saturated carbocycles. The van der Waals surface area contributed by atoms with Gasteiger partial charge in [0.15, 0.2) is 5.11 Å². The van der Waals surface area contributed by atoms with Crippen molar-refractivity contribution in [3.05, 3.63) is 87.9 Å². The van der Waals surface area contributed by atoms with Gasteiger partial charge in [0, 0.05) is 31.7 Å². The monoisotopic (exact) mass is 536 g/mol. The molecule has 7 nitrogen and oxygen atoms in total. The zero-order chi connectivity index (χ0) is 26.5. The molecule has 0 aliphatic carbocycles. The topological polar surface area (TPSA) is 73.9 Å². The van der Waals surface area contributed by atoms with Gasteiger partial charge in [0.1, 0.15) is 5.75 Å². The van der Waals surface area contributed by atoms with Crippen LogP contribution in [0.3, 0.4) is 0 Å². The van der Waals surface area contributed by atoms with Crippen LogP contribution in [0.5, 0.6) is 5.75 Å². The highest BCUT2D eigenvalue weighted by Gasteiger charge is 2.25. The second-order valence-electron chi connectivity index (χ2n) is 8.85. The lowest BCUT2D eigenvalue weighted by Gasteiger charge is -2.37. The maximum absolute atomic E-state index is 12.9. The molecule has 1 saturated heterocycles. The molecule has 37 heavy (non-hydrogen) atoms. The fourth-order valence-electron chi connectivity index (χ4n) is 4.38. The smallest absolute Gasteiger partial charge is 0.261 e. The van der Waals surface area contributed by atoms with Crippen molar-refractivity contribution in [2.45, 2.75) is 13.8 Å². The minimum Gasteiger partial charge on any atom is -0.496 e. The molecular weight excluding hydrogens is 508 g/mol. The Kier molecular flexibility index (Phi) is 8.31. The second-order valence-corrected chi connectivity index (χ2v) is 9.66. The molecule has 192 valence electrons. The number of carbonyl (C=O) groups is 2. The van der Waals surface area contributed by atoms with Gasteiger partial charge in [0.2, 0.25) is 0 Å². The summed E-state index contributed by atoms with van der Waals surface area (Å²) >= 11 is 12.1. The lowest BCUT2D eigenvalue weighted by Crippen LogP contribution is -2.49. The number of halogens is 1. The van der Waals surface area contributed by atoms with Crippen LogP contribution in [-0.4, -0.2) is 55.1 Å². The van der Waals surface area contributed by atoms with Crippen molar-refractivity contribution in [2.24, 2.45) is 0 Å². The summed E-state index contributed by atoms with van der Waals surface area (Å²) in [6.07, 6.45) is 0. The van der Waals surface area contributed by atoms with Crippen molar-refractivity contribution in [2.75, 3.05) is 43.5 Å². The second kappa shape index (κ2) is 11.6. The molecule has 1 fully saturated rings. The molecule has 9 heteroatoms. The molecule has 1 aliphatic rings. The molecule has 0 atom stereocenters. The molecule has 3 aromatic carbocycles. The molecule has 2 amide bonds. The number of benzene rings is 3. The Balaban J connectivity index is 1.44. The third-order valence-corrected chi connectivity index (χ3v) is 6.81. The van der Waals surface area contributed by atoms with Gasteiger partial charge in [0.05, 0.1) is 29.1 Å². The zero-order valence-corrected chi connectivity index (χ0v) is 22.6. The summed E-state index contributed by atoms with van der Waals surface area (Å²) in [7, 11) is 1.53. The molecule has 1 heterocycles. The molecule has 0 unspecified atom stereocenters. The Hall–Kier alpha value is -3.62. The van der Waals surface area contributed by atoms with Crippen LogP contribution in [0.15, 0.2) is 60.7 Å². The van der Waals surface area contributed by atoms with Crippen LogP contribution in [0.25, 0.3) is 0 Å². The summed E-state index contributed by atoms with van der Waals surface area (Å²) in [6, 6.07) is 18.5. The fourth-order valence-corrected chi connectivity index (χ4v) is 4.87. The average Bonchev–Trinajstić information content (AvgIpc) is 2.89. The summed E-state index contributed by atoms with van der Waals surface area (Å²) in [5.41, 5.74) is 4.50. The number of para-hydroxylation sites is 2. The van der Waals surface area contributed by atoms with E-state index in [0.29, 0.717) is 53.8 Å². The molecular formula is C28H29ClN4O3S. The number of amides is 2. The van der Waals surface area contributed by atoms with Crippen LogP contribution in [0.2, 0.25) is 5.02 Å². The summed E-state index contributed by atoms with van der Waals surface area (Å²) in [5, 5.41) is 6.54. The number of ether oxygens (including phenoxy) is 1. The number of methoxy groups -OCH3 is 1. The minimum absolute atomic E-state index is 0.0209. The standard InChI is InChI=1S/C28H29ClN4O3S/c1-18-10-12-20(13-11-18)27(35)33-16-14-32(15-17-33)24-22(29)8-5-9-23(24)30-28(37)31-26(34)21-7-4-6-19(2)25(21)36-3/h4-13H,14-17H2,1-3H3,(H2,30,31,34,37). The van der Waals surface area contributed by atoms with Gasteiger partial charge in [-0.25, -0.2) is 0 Å². The number of hydrogen-bond acceptors (Lipinski definition) is 5. The van der Waals surface area contributed by atoms with Crippen LogP contribution in [0.1, 0.15) is 31.8 Å². The quantitative estimate of drug-likeness (QED) is 0.444. The first-order valence-electron chi connectivity index (χ1n) is 11.9. The maximum Gasteiger partial charge on any atom is 0.261 e. The van der Waals surface area contributed by atoms with Crippen molar-refractivity contribution in [1.82, 2.24) is 10.2 Å². The minimum atomic E-state index is -0.370. The molecule has 0 bridgehead atoms. The van der Waals surface area contributed by atoms with Gasteiger partial charge in [-0.15, -0.1) is 0 Å². The average molecular weight is 537 g/mol. The number of nitrogens with one attached hydrogen (secondary N) is 2. The Bertz CT molecular complexity index is 1320. The van der Waals surface area contributed by atoms with E-state index in [1.807, 2.05) is 67.3 Å². The van der Waals surface area contributed by atoms with E-state index in [1.54, 1.807) is 12.1 Å². The van der Waals surface area contributed by atoms with E-state index in [9.17, 15) is 9.59 Å². The normalized spacial score (nSPS) is 13.2. The predicted molar refractivity (Wildman–Crippen MR) is 152 cm³/mol. The van der Waals surface area contributed by atoms with Gasteiger partial charge < -0.3 is 19.9 Å². The molecule has 0 spiro atoms. The molecule has 1 aliphatic heterocycles. The van der Waals surface area contributed by atoms with Crippen LogP contribution in [0.4, 0.5) is 11.4 Å². The van der Waals surface area contributed by atoms with Crippen molar-refractivity contribution in [1.29, 1.82) is 0 Å². The van der Waals surface area contributed by atoms with Crippen LogP contribution in [-0.2, 0) is 0 Å². The van der Waals surface area contributed by atoms with Crippen LogP contribution < -0.4 is 20.3 Å². The highest BCUT2D eigenvalue weighted by Crippen LogP contribution is 2.35. The summed E-state index contributed by atoms with van der Waals surface area (Å²) in [5.74, 6) is 0.154. The van der Waals surface area contributed by atoms with E-state index in [4.69, 9.17) is 28.6 Å². The summed E-state index contributed by atoms with van der Waals surface area (Å²) in [4.78, 5) is 29.8. The number of anilines is 2. The van der Waals surface area contributed by atoms with E-state index < -0.39 is 0 Å². The lowest BCUT2D eigenvalue weighted by molar-refractivity contribution is 0.0746. The maximum atomic E-state index is 12.9. The van der Waals surface area contributed by atoms with Gasteiger partial charge in [-0.2, -0.15) is 0 Å². The molecule has 0 radical (unpaired) electrons. The number of rotatable bonds is 5. The SMILES string of the molecule is COc1c(C)cccc1C(=O)NC(=S)Nc1cccc(Cl)c1N1CCN(C(=O)c2ccc(C)cc2)CC1. The molecule has 0 aromatic heterocycles. The lowest BCUT2D eigenvalue weighted by atomic mass is 10.1. The number of hydrogen-bond donors (Lipinski definition) is 2. The number of carbonyl (C=O) groups excluding carboxylic acids is 2. The molecule has 4 rings (SSSR count). The Labute approximate surface area is 227 Å². The van der Waals surface area contributed by atoms with Crippen molar-refractivity contribution in [3.8, 4) is 5.75 Å². The molecule has 3 aromatic rings. The van der Waals surface area contributed by atoms with Crippen LogP contribution >= 0.6 is 23.8 Å². The Morgan fingerprint density at radius 2 is 1.62 bits per heavy atom. The Morgan fingerprint density at radius 1 is 0.946 bits per heavy atom. The largest absolute Gasteiger partial charge is 0.496 e. The first-order valence-corrected chi connectivity index (χ1v) is 12.7. The third-order valence-electron chi connectivity index (χ3n) is 6.30. The van der Waals surface area contributed by atoms with Gasteiger partial charge in [-0.3, -0.25) is 14.9 Å². The number of piperazine rings is 1. The number of nitrogens with zero attached hydrogens (tertiary/aromatic N) is 2. The van der Waals surface area contributed by atoms with E-state index >= 15 is 0 Å². The third kappa shape index (κ3) is 6.03. The van der Waals surface area contributed by atoms with E-state index in [-0.39, 0.29) is 16.9 Å². The van der Waals surface area contributed by atoms with E-state index in [1.165, 1.54) is 7.11 Å². The van der Waals surface area contributed by atoms with Crippen molar-refractivity contribution < 1.29 is 14.3 Å². The highest BCUT2D eigenvalue weighted by molar-refractivity contribution is 7.80. The first kappa shape index (κ1) is 26.4. The number of thiocarbonyl (C=S) groups is 1. The summed E-state index contributed by atoms with van der Waals surface area (Å²) in [6.45, 7) is 6.21. The van der Waals surface area contributed by atoms with Gasteiger partial charge in [-0.05, 0) is 62.0 Å².